The minimum Gasteiger partial charge on any atom is -0.354 e. The summed E-state index contributed by atoms with van der Waals surface area (Å²) < 4.78 is 0. The third-order valence-electron chi connectivity index (χ3n) is 4.93. The van der Waals surface area contributed by atoms with E-state index in [4.69, 9.17) is 4.98 Å². The minimum absolute atomic E-state index is 0.912. The number of pyridine rings is 1. The molecule has 6 nitrogen and oxygen atoms in total. The van der Waals surface area contributed by atoms with Gasteiger partial charge in [-0.25, -0.2) is 9.97 Å². The van der Waals surface area contributed by atoms with Crippen LogP contribution in [-0.2, 0) is 0 Å². The van der Waals surface area contributed by atoms with Crippen LogP contribution in [0.4, 0.5) is 5.82 Å². The van der Waals surface area contributed by atoms with Gasteiger partial charge in [0.1, 0.15) is 16.5 Å². The Morgan fingerprint density at radius 3 is 2.70 bits per heavy atom. The highest BCUT2D eigenvalue weighted by atomic mass is 32.1. The summed E-state index contributed by atoms with van der Waals surface area (Å²) in [4.78, 5) is 13.1. The van der Waals surface area contributed by atoms with E-state index in [1.54, 1.807) is 11.3 Å². The quantitative estimate of drug-likeness (QED) is 0.573. The Labute approximate surface area is 161 Å². The summed E-state index contributed by atoms with van der Waals surface area (Å²) in [7, 11) is 0. The lowest BCUT2D eigenvalue weighted by Crippen LogP contribution is -2.43. The van der Waals surface area contributed by atoms with E-state index in [-0.39, 0.29) is 0 Å². The van der Waals surface area contributed by atoms with Crippen molar-refractivity contribution in [1.82, 2.24) is 25.5 Å². The number of benzene rings is 1. The largest absolute Gasteiger partial charge is 0.354 e. The van der Waals surface area contributed by atoms with Gasteiger partial charge in [-0.15, -0.1) is 11.3 Å². The van der Waals surface area contributed by atoms with E-state index >= 15 is 0 Å². The number of aryl methyl sites for hydroxylation is 1. The standard InChI is InChI=1S/C20H20N6S/c1-13-18(14-6-7-17(22-12-14)26-10-8-21-9-11-26)23-20(27-13)19-15-4-2-3-5-16(15)24-25-19/h2-7,12,21H,8-11H2,1H3,(H,24,25). The topological polar surface area (TPSA) is 69.7 Å². The highest BCUT2D eigenvalue weighted by Gasteiger charge is 2.17. The summed E-state index contributed by atoms with van der Waals surface area (Å²) in [5.74, 6) is 1.03. The molecule has 4 aromatic rings. The molecule has 1 saturated heterocycles. The Kier molecular flexibility index (Phi) is 4.10. The number of hydrogen-bond acceptors (Lipinski definition) is 6. The van der Waals surface area contributed by atoms with Crippen LogP contribution in [0.5, 0.6) is 0 Å². The Morgan fingerprint density at radius 1 is 1.04 bits per heavy atom. The SMILES string of the molecule is Cc1sc(-c2n[nH]c3ccccc23)nc1-c1ccc(N2CCNCC2)nc1. The Bertz CT molecular complexity index is 1080. The second-order valence-corrected chi connectivity index (χ2v) is 7.89. The van der Waals surface area contributed by atoms with Crippen molar-refractivity contribution in [2.75, 3.05) is 31.1 Å². The van der Waals surface area contributed by atoms with E-state index in [9.17, 15) is 0 Å². The second-order valence-electron chi connectivity index (χ2n) is 6.68. The van der Waals surface area contributed by atoms with Crippen molar-refractivity contribution >= 4 is 28.1 Å². The zero-order valence-electron chi connectivity index (χ0n) is 15.1. The number of fused-ring (bicyclic) bond motifs is 1. The van der Waals surface area contributed by atoms with Crippen molar-refractivity contribution in [3.63, 3.8) is 0 Å². The Morgan fingerprint density at radius 2 is 1.89 bits per heavy atom. The number of piperazine rings is 1. The lowest BCUT2D eigenvalue weighted by molar-refractivity contribution is 0.585. The third kappa shape index (κ3) is 2.98. The number of thiazole rings is 1. The third-order valence-corrected chi connectivity index (χ3v) is 5.91. The molecule has 0 radical (unpaired) electrons. The highest BCUT2D eigenvalue weighted by Crippen LogP contribution is 2.35. The van der Waals surface area contributed by atoms with Gasteiger partial charge >= 0.3 is 0 Å². The monoisotopic (exact) mass is 376 g/mol. The van der Waals surface area contributed by atoms with Crippen molar-refractivity contribution in [2.24, 2.45) is 0 Å². The van der Waals surface area contributed by atoms with Crippen LogP contribution in [0.25, 0.3) is 32.9 Å². The van der Waals surface area contributed by atoms with Crippen LogP contribution in [0.2, 0.25) is 0 Å². The lowest BCUT2D eigenvalue weighted by Gasteiger charge is -2.28. The molecule has 0 atom stereocenters. The zero-order valence-corrected chi connectivity index (χ0v) is 15.9. The van der Waals surface area contributed by atoms with E-state index in [0.29, 0.717) is 0 Å². The van der Waals surface area contributed by atoms with E-state index in [0.717, 1.165) is 64.9 Å². The molecule has 0 spiro atoms. The van der Waals surface area contributed by atoms with Gasteiger partial charge in [-0.2, -0.15) is 5.10 Å². The fourth-order valence-electron chi connectivity index (χ4n) is 3.50. The molecule has 3 aromatic heterocycles. The van der Waals surface area contributed by atoms with E-state index in [1.807, 2.05) is 24.4 Å². The number of aromatic nitrogens is 4. The summed E-state index contributed by atoms with van der Waals surface area (Å²) in [6.07, 6.45) is 1.94. The predicted octanol–water partition coefficient (Wildman–Crippen LogP) is 3.47. The first-order valence-electron chi connectivity index (χ1n) is 9.12. The molecule has 2 N–H and O–H groups in total. The molecule has 1 aromatic carbocycles. The van der Waals surface area contributed by atoms with E-state index in [2.05, 4.69) is 50.5 Å². The summed E-state index contributed by atoms with van der Waals surface area (Å²) in [5, 5.41) is 13.0. The number of nitrogens with zero attached hydrogens (tertiary/aromatic N) is 4. The molecule has 0 bridgehead atoms. The maximum Gasteiger partial charge on any atom is 0.145 e. The fraction of sp³-hybridized carbons (Fsp3) is 0.250. The molecule has 1 aliphatic rings. The predicted molar refractivity (Wildman–Crippen MR) is 110 cm³/mol. The molecule has 1 aliphatic heterocycles. The highest BCUT2D eigenvalue weighted by molar-refractivity contribution is 7.15. The molecular formula is C20H20N6S. The van der Waals surface area contributed by atoms with Crippen LogP contribution >= 0.6 is 11.3 Å². The van der Waals surface area contributed by atoms with E-state index < -0.39 is 0 Å². The van der Waals surface area contributed by atoms with Gasteiger partial charge < -0.3 is 10.2 Å². The molecule has 4 heterocycles. The first-order chi connectivity index (χ1) is 13.3. The van der Waals surface area contributed by atoms with Crippen molar-refractivity contribution in [3.8, 4) is 22.0 Å². The van der Waals surface area contributed by atoms with Gasteiger partial charge in [0.15, 0.2) is 0 Å². The number of nitrogens with one attached hydrogen (secondary N) is 2. The van der Waals surface area contributed by atoms with Gasteiger partial charge in [0.05, 0.1) is 11.2 Å². The molecule has 0 unspecified atom stereocenters. The smallest absolute Gasteiger partial charge is 0.145 e. The first-order valence-corrected chi connectivity index (χ1v) is 9.94. The van der Waals surface area contributed by atoms with Gasteiger partial charge in [0, 0.05) is 48.2 Å². The van der Waals surface area contributed by atoms with Crippen LogP contribution in [0.1, 0.15) is 4.88 Å². The molecule has 136 valence electrons. The Balaban J connectivity index is 1.47. The molecule has 7 heteroatoms. The van der Waals surface area contributed by atoms with Crippen LogP contribution < -0.4 is 10.2 Å². The molecule has 0 aliphatic carbocycles. The number of anilines is 1. The number of rotatable bonds is 3. The van der Waals surface area contributed by atoms with Crippen LogP contribution in [0.3, 0.4) is 0 Å². The van der Waals surface area contributed by atoms with Crippen LogP contribution in [0.15, 0.2) is 42.6 Å². The van der Waals surface area contributed by atoms with Gasteiger partial charge in [-0.3, -0.25) is 5.10 Å². The Hall–Kier alpha value is -2.77. The van der Waals surface area contributed by atoms with Crippen molar-refractivity contribution in [3.05, 3.63) is 47.5 Å². The van der Waals surface area contributed by atoms with Crippen molar-refractivity contribution in [2.45, 2.75) is 6.92 Å². The molecule has 0 amide bonds. The maximum atomic E-state index is 4.89. The normalized spacial score (nSPS) is 14.8. The summed E-state index contributed by atoms with van der Waals surface area (Å²) >= 11 is 1.67. The molecule has 27 heavy (non-hydrogen) atoms. The maximum absolute atomic E-state index is 4.89. The molecule has 0 saturated carbocycles. The fourth-order valence-corrected chi connectivity index (χ4v) is 4.44. The number of H-pyrrole nitrogens is 1. The first kappa shape index (κ1) is 16.4. The second kappa shape index (κ2) is 6.75. The number of hydrogen-bond donors (Lipinski definition) is 2. The van der Waals surface area contributed by atoms with Gasteiger partial charge in [-0.1, -0.05) is 18.2 Å². The van der Waals surface area contributed by atoms with Gasteiger partial charge in [-0.05, 0) is 25.1 Å². The van der Waals surface area contributed by atoms with Crippen LogP contribution in [-0.4, -0.2) is 46.3 Å². The lowest BCUT2D eigenvalue weighted by atomic mass is 10.2. The van der Waals surface area contributed by atoms with Crippen LogP contribution in [0, 0.1) is 6.92 Å². The van der Waals surface area contributed by atoms with Gasteiger partial charge in [0.2, 0.25) is 0 Å². The van der Waals surface area contributed by atoms with E-state index in [1.165, 1.54) is 4.88 Å². The molecular weight excluding hydrogens is 356 g/mol. The molecule has 1 fully saturated rings. The number of para-hydroxylation sites is 1. The van der Waals surface area contributed by atoms with Crippen molar-refractivity contribution in [1.29, 1.82) is 0 Å². The summed E-state index contributed by atoms with van der Waals surface area (Å²) in [6, 6.07) is 12.4. The van der Waals surface area contributed by atoms with Gasteiger partial charge in [0.25, 0.3) is 0 Å². The molecule has 5 rings (SSSR count). The van der Waals surface area contributed by atoms with Crippen molar-refractivity contribution < 1.29 is 0 Å². The minimum atomic E-state index is 0.912. The summed E-state index contributed by atoms with van der Waals surface area (Å²) in [6.45, 7) is 6.12. The average Bonchev–Trinajstić information content (AvgIpc) is 3.32. The number of aromatic amines is 1. The zero-order chi connectivity index (χ0) is 18.2. The summed E-state index contributed by atoms with van der Waals surface area (Å²) in [5.41, 5.74) is 3.98. The average molecular weight is 376 g/mol.